The van der Waals surface area contributed by atoms with Gasteiger partial charge in [-0.3, -0.25) is 4.79 Å². The van der Waals surface area contributed by atoms with Crippen LogP contribution in [0.4, 0.5) is 11.4 Å². The van der Waals surface area contributed by atoms with E-state index in [4.69, 9.17) is 5.73 Å². The fourth-order valence-corrected chi connectivity index (χ4v) is 2.08. The summed E-state index contributed by atoms with van der Waals surface area (Å²) in [5.74, 6) is -0.138. The number of carbonyl (C=O) groups is 1. The van der Waals surface area contributed by atoms with E-state index in [0.717, 1.165) is 21.3 Å². The maximum absolute atomic E-state index is 12.1. The van der Waals surface area contributed by atoms with Gasteiger partial charge in [-0.05, 0) is 61.4 Å². The summed E-state index contributed by atoms with van der Waals surface area (Å²) < 4.78 is 1.07. The third kappa shape index (κ3) is 3.15. The minimum atomic E-state index is -0.138. The van der Waals surface area contributed by atoms with Crippen molar-refractivity contribution in [2.75, 3.05) is 11.1 Å². The van der Waals surface area contributed by atoms with Gasteiger partial charge in [0.2, 0.25) is 0 Å². The first-order valence-corrected chi connectivity index (χ1v) is 6.70. The number of amides is 1. The summed E-state index contributed by atoms with van der Waals surface area (Å²) >= 11 is 3.51. The predicted octanol–water partition coefficient (Wildman–Crippen LogP) is 3.90. The number of hydrogen-bond acceptors (Lipinski definition) is 2. The molecule has 0 unspecified atom stereocenters. The SMILES string of the molecule is Cc1cc(NC(=O)c2ccc(N)cc2)cc(C)c1Br. The fraction of sp³-hybridized carbons (Fsp3) is 0.133. The van der Waals surface area contributed by atoms with E-state index in [2.05, 4.69) is 21.2 Å². The molecule has 0 aliphatic heterocycles. The van der Waals surface area contributed by atoms with Crippen LogP contribution in [0.1, 0.15) is 21.5 Å². The molecule has 2 aromatic carbocycles. The minimum Gasteiger partial charge on any atom is -0.399 e. The van der Waals surface area contributed by atoms with Gasteiger partial charge in [0.05, 0.1) is 0 Å². The molecule has 4 heteroatoms. The minimum absolute atomic E-state index is 0.138. The van der Waals surface area contributed by atoms with E-state index in [-0.39, 0.29) is 5.91 Å². The van der Waals surface area contributed by atoms with Gasteiger partial charge in [-0.15, -0.1) is 0 Å². The van der Waals surface area contributed by atoms with Crippen molar-refractivity contribution in [2.45, 2.75) is 13.8 Å². The molecular formula is C15H15BrN2O. The van der Waals surface area contributed by atoms with E-state index in [0.29, 0.717) is 11.3 Å². The molecule has 0 aliphatic rings. The van der Waals surface area contributed by atoms with Gasteiger partial charge in [-0.1, -0.05) is 15.9 Å². The first-order valence-electron chi connectivity index (χ1n) is 5.91. The molecule has 0 aromatic heterocycles. The van der Waals surface area contributed by atoms with Crippen molar-refractivity contribution in [3.05, 3.63) is 57.6 Å². The van der Waals surface area contributed by atoms with Crippen LogP contribution in [0.15, 0.2) is 40.9 Å². The molecule has 3 N–H and O–H groups in total. The molecule has 0 aliphatic carbocycles. The number of hydrogen-bond donors (Lipinski definition) is 2. The third-order valence-corrected chi connectivity index (χ3v) is 4.12. The van der Waals surface area contributed by atoms with Crippen LogP contribution in [-0.4, -0.2) is 5.91 Å². The molecule has 0 bridgehead atoms. The van der Waals surface area contributed by atoms with E-state index in [1.807, 2.05) is 26.0 Å². The Hall–Kier alpha value is -1.81. The first kappa shape index (κ1) is 13.6. The van der Waals surface area contributed by atoms with Gasteiger partial charge >= 0.3 is 0 Å². The Balaban J connectivity index is 2.22. The van der Waals surface area contributed by atoms with Gasteiger partial charge in [0, 0.05) is 21.4 Å². The van der Waals surface area contributed by atoms with Gasteiger partial charge in [0.15, 0.2) is 0 Å². The maximum atomic E-state index is 12.1. The third-order valence-electron chi connectivity index (χ3n) is 2.87. The Labute approximate surface area is 121 Å². The second-order valence-electron chi connectivity index (χ2n) is 4.50. The van der Waals surface area contributed by atoms with Crippen LogP contribution in [0.25, 0.3) is 0 Å². The second-order valence-corrected chi connectivity index (χ2v) is 5.29. The number of benzene rings is 2. The molecule has 0 saturated carbocycles. The lowest BCUT2D eigenvalue weighted by Gasteiger charge is -2.10. The Kier molecular flexibility index (Phi) is 3.90. The smallest absolute Gasteiger partial charge is 0.255 e. The lowest BCUT2D eigenvalue weighted by atomic mass is 10.1. The van der Waals surface area contributed by atoms with Gasteiger partial charge in [-0.25, -0.2) is 0 Å². The van der Waals surface area contributed by atoms with E-state index in [9.17, 15) is 4.79 Å². The molecule has 3 nitrogen and oxygen atoms in total. The highest BCUT2D eigenvalue weighted by Gasteiger charge is 2.08. The maximum Gasteiger partial charge on any atom is 0.255 e. The first-order chi connectivity index (χ1) is 8.97. The normalized spacial score (nSPS) is 10.3. The summed E-state index contributed by atoms with van der Waals surface area (Å²) in [5, 5.41) is 2.89. The molecule has 0 saturated heterocycles. The lowest BCUT2D eigenvalue weighted by molar-refractivity contribution is 0.102. The summed E-state index contributed by atoms with van der Waals surface area (Å²) in [5.41, 5.74) is 9.81. The molecule has 1 amide bonds. The van der Waals surface area contributed by atoms with Gasteiger partial charge in [0.25, 0.3) is 5.91 Å². The standard InChI is InChI=1S/C15H15BrN2O/c1-9-7-13(8-10(2)14(9)16)18-15(19)11-3-5-12(17)6-4-11/h3-8H,17H2,1-2H3,(H,18,19). The summed E-state index contributed by atoms with van der Waals surface area (Å²) in [6, 6.07) is 10.7. The van der Waals surface area contributed by atoms with Crippen molar-refractivity contribution >= 4 is 33.2 Å². The number of aryl methyl sites for hydroxylation is 2. The van der Waals surface area contributed by atoms with Gasteiger partial charge in [-0.2, -0.15) is 0 Å². The lowest BCUT2D eigenvalue weighted by Crippen LogP contribution is -2.12. The monoisotopic (exact) mass is 318 g/mol. The molecule has 0 spiro atoms. The Morgan fingerprint density at radius 1 is 1.11 bits per heavy atom. The summed E-state index contributed by atoms with van der Waals surface area (Å²) in [4.78, 5) is 12.1. The van der Waals surface area contributed by atoms with Crippen LogP contribution in [0.5, 0.6) is 0 Å². The number of nitrogen functional groups attached to an aromatic ring is 1. The second kappa shape index (κ2) is 5.45. The average Bonchev–Trinajstić information content (AvgIpc) is 2.36. The van der Waals surface area contributed by atoms with Crippen LogP contribution in [0.3, 0.4) is 0 Å². The quantitative estimate of drug-likeness (QED) is 0.825. The van der Waals surface area contributed by atoms with E-state index >= 15 is 0 Å². The van der Waals surface area contributed by atoms with Gasteiger partial charge < -0.3 is 11.1 Å². The Morgan fingerprint density at radius 3 is 2.16 bits per heavy atom. The molecule has 2 rings (SSSR count). The summed E-state index contributed by atoms with van der Waals surface area (Å²) in [6.07, 6.45) is 0. The van der Waals surface area contributed by atoms with Crippen molar-refractivity contribution < 1.29 is 4.79 Å². The average molecular weight is 319 g/mol. The predicted molar refractivity (Wildman–Crippen MR) is 82.4 cm³/mol. The van der Waals surface area contributed by atoms with Crippen molar-refractivity contribution in [2.24, 2.45) is 0 Å². The Morgan fingerprint density at radius 2 is 1.63 bits per heavy atom. The zero-order valence-electron chi connectivity index (χ0n) is 10.8. The van der Waals surface area contributed by atoms with Crippen LogP contribution in [0, 0.1) is 13.8 Å². The molecule has 2 aromatic rings. The highest BCUT2D eigenvalue weighted by molar-refractivity contribution is 9.10. The van der Waals surface area contributed by atoms with Crippen LogP contribution in [-0.2, 0) is 0 Å². The molecule has 0 fully saturated rings. The number of carbonyl (C=O) groups excluding carboxylic acids is 1. The zero-order chi connectivity index (χ0) is 14.0. The van der Waals surface area contributed by atoms with Crippen LogP contribution in [0.2, 0.25) is 0 Å². The number of nitrogens with one attached hydrogen (secondary N) is 1. The molecule has 19 heavy (non-hydrogen) atoms. The highest BCUT2D eigenvalue weighted by Crippen LogP contribution is 2.25. The molecule has 0 heterocycles. The van der Waals surface area contributed by atoms with Crippen molar-refractivity contribution in [1.29, 1.82) is 0 Å². The highest BCUT2D eigenvalue weighted by atomic mass is 79.9. The van der Waals surface area contributed by atoms with Crippen molar-refractivity contribution in [3.63, 3.8) is 0 Å². The zero-order valence-corrected chi connectivity index (χ0v) is 12.4. The largest absolute Gasteiger partial charge is 0.399 e. The fourth-order valence-electron chi connectivity index (χ4n) is 1.86. The van der Waals surface area contributed by atoms with Gasteiger partial charge in [0.1, 0.15) is 0 Å². The molecular weight excluding hydrogens is 304 g/mol. The molecule has 98 valence electrons. The number of halogens is 1. The van der Waals surface area contributed by atoms with E-state index in [1.54, 1.807) is 24.3 Å². The summed E-state index contributed by atoms with van der Waals surface area (Å²) in [6.45, 7) is 3.99. The van der Waals surface area contributed by atoms with E-state index in [1.165, 1.54) is 0 Å². The van der Waals surface area contributed by atoms with Crippen LogP contribution < -0.4 is 11.1 Å². The number of anilines is 2. The topological polar surface area (TPSA) is 55.1 Å². The molecule has 0 atom stereocenters. The van der Waals surface area contributed by atoms with E-state index < -0.39 is 0 Å². The van der Waals surface area contributed by atoms with Crippen LogP contribution >= 0.6 is 15.9 Å². The number of rotatable bonds is 2. The Bertz CT molecular complexity index is 598. The number of nitrogens with two attached hydrogens (primary N) is 1. The molecule has 0 radical (unpaired) electrons. The van der Waals surface area contributed by atoms with Crippen molar-refractivity contribution in [3.8, 4) is 0 Å². The van der Waals surface area contributed by atoms with Crippen molar-refractivity contribution in [1.82, 2.24) is 0 Å². The summed E-state index contributed by atoms with van der Waals surface area (Å²) in [7, 11) is 0.